The zero-order chi connectivity index (χ0) is 16.8. The molecule has 0 radical (unpaired) electrons. The van der Waals surface area contributed by atoms with Crippen molar-refractivity contribution in [1.29, 1.82) is 0 Å². The lowest BCUT2D eigenvalue weighted by Crippen LogP contribution is -2.26. The van der Waals surface area contributed by atoms with E-state index in [1.807, 2.05) is 11.8 Å². The van der Waals surface area contributed by atoms with Crippen molar-refractivity contribution in [2.45, 2.75) is 32.3 Å². The van der Waals surface area contributed by atoms with Gasteiger partial charge in [0.25, 0.3) is 5.91 Å². The van der Waals surface area contributed by atoms with Crippen LogP contribution in [0.5, 0.6) is 5.88 Å². The van der Waals surface area contributed by atoms with E-state index in [0.29, 0.717) is 36.1 Å². The number of thioether (sulfide) groups is 1. The van der Waals surface area contributed by atoms with Crippen LogP contribution in [0.4, 0.5) is 0 Å². The van der Waals surface area contributed by atoms with Gasteiger partial charge in [-0.1, -0.05) is 5.16 Å². The Morgan fingerprint density at radius 1 is 1.54 bits per heavy atom. The van der Waals surface area contributed by atoms with Crippen LogP contribution in [0.3, 0.4) is 0 Å². The molecule has 0 spiro atoms. The van der Waals surface area contributed by atoms with Crippen molar-refractivity contribution < 1.29 is 14.1 Å². The van der Waals surface area contributed by atoms with Gasteiger partial charge in [0.2, 0.25) is 11.8 Å². The second-order valence-corrected chi connectivity index (χ2v) is 6.70. The summed E-state index contributed by atoms with van der Waals surface area (Å²) < 4.78 is 10.9. The molecule has 7 nitrogen and oxygen atoms in total. The minimum atomic E-state index is -0.176. The van der Waals surface area contributed by atoms with Gasteiger partial charge in [-0.15, -0.1) is 0 Å². The number of pyridine rings is 1. The maximum absolute atomic E-state index is 12.4. The number of hydrogen-bond acceptors (Lipinski definition) is 7. The Kier molecular flexibility index (Phi) is 5.68. The predicted octanol–water partition coefficient (Wildman–Crippen LogP) is 2.02. The molecule has 128 valence electrons. The standard InChI is InChI=1S/C16H20N4O3S/c1-11-19-14(23-20-11)5-3-7-17-15(21)13-4-2-8-18-16(13)22-12-6-9-24-10-12/h2,4,8,12H,3,5-7,9-10H2,1H3,(H,17,21)/t12-/m0/s1. The number of carbonyl (C=O) groups is 1. The van der Waals surface area contributed by atoms with Crippen LogP contribution in [0.15, 0.2) is 22.9 Å². The van der Waals surface area contributed by atoms with Gasteiger partial charge < -0.3 is 14.6 Å². The van der Waals surface area contributed by atoms with Gasteiger partial charge in [0, 0.05) is 24.9 Å². The summed E-state index contributed by atoms with van der Waals surface area (Å²) in [5, 5.41) is 6.63. The molecule has 0 saturated carbocycles. The Balaban J connectivity index is 1.50. The Labute approximate surface area is 144 Å². The fourth-order valence-electron chi connectivity index (χ4n) is 2.40. The van der Waals surface area contributed by atoms with Gasteiger partial charge >= 0.3 is 0 Å². The van der Waals surface area contributed by atoms with Crippen molar-refractivity contribution in [3.8, 4) is 5.88 Å². The largest absolute Gasteiger partial charge is 0.473 e. The number of aromatic nitrogens is 3. The Morgan fingerprint density at radius 2 is 2.46 bits per heavy atom. The minimum absolute atomic E-state index is 0.136. The molecule has 3 heterocycles. The molecule has 0 unspecified atom stereocenters. The van der Waals surface area contributed by atoms with E-state index < -0.39 is 0 Å². The van der Waals surface area contributed by atoms with E-state index in [4.69, 9.17) is 9.26 Å². The van der Waals surface area contributed by atoms with E-state index in [9.17, 15) is 4.79 Å². The molecule has 1 aliphatic rings. The molecule has 24 heavy (non-hydrogen) atoms. The molecule has 1 saturated heterocycles. The SMILES string of the molecule is Cc1noc(CCCNC(=O)c2cccnc2O[C@H]2CCSC2)n1. The van der Waals surface area contributed by atoms with Gasteiger partial charge in [-0.3, -0.25) is 4.79 Å². The number of ether oxygens (including phenoxy) is 1. The highest BCUT2D eigenvalue weighted by atomic mass is 32.2. The van der Waals surface area contributed by atoms with Crippen LogP contribution in [0, 0.1) is 6.92 Å². The summed E-state index contributed by atoms with van der Waals surface area (Å²) in [6.45, 7) is 2.30. The maximum Gasteiger partial charge on any atom is 0.256 e. The van der Waals surface area contributed by atoms with Crippen molar-refractivity contribution in [1.82, 2.24) is 20.4 Å². The highest BCUT2D eigenvalue weighted by Gasteiger charge is 2.21. The first-order valence-corrected chi connectivity index (χ1v) is 9.14. The molecule has 0 aromatic carbocycles. The number of carbonyl (C=O) groups excluding carboxylic acids is 1. The highest BCUT2D eigenvalue weighted by molar-refractivity contribution is 7.99. The van der Waals surface area contributed by atoms with E-state index in [2.05, 4.69) is 20.4 Å². The first-order chi connectivity index (χ1) is 11.7. The molecule has 0 aliphatic carbocycles. The van der Waals surface area contributed by atoms with Crippen LogP contribution in [0.1, 0.15) is 34.9 Å². The van der Waals surface area contributed by atoms with Crippen molar-refractivity contribution in [3.05, 3.63) is 35.6 Å². The minimum Gasteiger partial charge on any atom is -0.473 e. The molecule has 1 aliphatic heterocycles. The summed E-state index contributed by atoms with van der Waals surface area (Å²) in [7, 11) is 0. The molecule has 0 bridgehead atoms. The number of amides is 1. The van der Waals surface area contributed by atoms with E-state index in [0.717, 1.165) is 24.3 Å². The topological polar surface area (TPSA) is 90.1 Å². The lowest BCUT2D eigenvalue weighted by atomic mass is 10.2. The van der Waals surface area contributed by atoms with Gasteiger partial charge in [-0.05, 0) is 37.7 Å². The first kappa shape index (κ1) is 16.8. The van der Waals surface area contributed by atoms with Gasteiger partial charge in [0.15, 0.2) is 5.82 Å². The van der Waals surface area contributed by atoms with Gasteiger partial charge in [-0.25, -0.2) is 4.98 Å². The third-order valence-corrected chi connectivity index (χ3v) is 4.74. The van der Waals surface area contributed by atoms with Crippen LogP contribution in [-0.4, -0.2) is 45.2 Å². The molecule has 8 heteroatoms. The van der Waals surface area contributed by atoms with Crippen LogP contribution in [0.2, 0.25) is 0 Å². The third-order valence-electron chi connectivity index (χ3n) is 3.60. The van der Waals surface area contributed by atoms with E-state index in [1.54, 1.807) is 25.3 Å². The number of nitrogens with one attached hydrogen (secondary N) is 1. The van der Waals surface area contributed by atoms with Crippen LogP contribution in [-0.2, 0) is 6.42 Å². The quantitative estimate of drug-likeness (QED) is 0.766. The average molecular weight is 348 g/mol. The van der Waals surface area contributed by atoms with Crippen LogP contribution in [0.25, 0.3) is 0 Å². The molecular weight excluding hydrogens is 328 g/mol. The van der Waals surface area contributed by atoms with E-state index in [-0.39, 0.29) is 12.0 Å². The summed E-state index contributed by atoms with van der Waals surface area (Å²) in [6.07, 6.45) is 4.13. The van der Waals surface area contributed by atoms with Gasteiger partial charge in [0.1, 0.15) is 11.7 Å². The molecule has 2 aromatic rings. The first-order valence-electron chi connectivity index (χ1n) is 7.99. The lowest BCUT2D eigenvalue weighted by Gasteiger charge is -2.14. The third kappa shape index (κ3) is 4.47. The molecule has 2 aromatic heterocycles. The molecule has 1 N–H and O–H groups in total. The number of aryl methyl sites for hydroxylation is 2. The summed E-state index contributed by atoms with van der Waals surface area (Å²) in [6, 6.07) is 3.48. The van der Waals surface area contributed by atoms with E-state index >= 15 is 0 Å². The zero-order valence-corrected chi connectivity index (χ0v) is 14.3. The lowest BCUT2D eigenvalue weighted by molar-refractivity contribution is 0.0945. The van der Waals surface area contributed by atoms with Gasteiger partial charge in [0.05, 0.1) is 0 Å². The number of hydrogen-bond donors (Lipinski definition) is 1. The molecule has 1 fully saturated rings. The Morgan fingerprint density at radius 3 is 3.21 bits per heavy atom. The second kappa shape index (κ2) is 8.14. The predicted molar refractivity (Wildman–Crippen MR) is 90.3 cm³/mol. The highest BCUT2D eigenvalue weighted by Crippen LogP contribution is 2.24. The summed E-state index contributed by atoms with van der Waals surface area (Å²) in [5.74, 6) is 3.48. The van der Waals surface area contributed by atoms with E-state index in [1.165, 1.54) is 0 Å². The Hall–Kier alpha value is -2.09. The normalized spacial score (nSPS) is 17.0. The van der Waals surface area contributed by atoms with Crippen LogP contribution < -0.4 is 10.1 Å². The monoisotopic (exact) mass is 348 g/mol. The molecule has 1 atom stereocenters. The fourth-order valence-corrected chi connectivity index (χ4v) is 3.49. The summed E-state index contributed by atoms with van der Waals surface area (Å²) >= 11 is 1.86. The van der Waals surface area contributed by atoms with Crippen molar-refractivity contribution in [3.63, 3.8) is 0 Å². The number of nitrogens with zero attached hydrogens (tertiary/aromatic N) is 3. The van der Waals surface area contributed by atoms with Crippen molar-refractivity contribution in [2.75, 3.05) is 18.1 Å². The fraction of sp³-hybridized carbons (Fsp3) is 0.500. The maximum atomic E-state index is 12.4. The summed E-state index contributed by atoms with van der Waals surface area (Å²) in [4.78, 5) is 20.7. The Bertz CT molecular complexity index is 685. The van der Waals surface area contributed by atoms with Crippen LogP contribution >= 0.6 is 11.8 Å². The molecule has 3 rings (SSSR count). The van der Waals surface area contributed by atoms with Crippen molar-refractivity contribution >= 4 is 17.7 Å². The molecule has 1 amide bonds. The summed E-state index contributed by atoms with van der Waals surface area (Å²) in [5.41, 5.74) is 0.475. The van der Waals surface area contributed by atoms with Gasteiger partial charge in [-0.2, -0.15) is 16.7 Å². The average Bonchev–Trinajstić information content (AvgIpc) is 3.24. The second-order valence-electron chi connectivity index (χ2n) is 5.55. The molecular formula is C16H20N4O3S. The smallest absolute Gasteiger partial charge is 0.256 e. The zero-order valence-electron chi connectivity index (χ0n) is 13.5. The van der Waals surface area contributed by atoms with Crippen molar-refractivity contribution in [2.24, 2.45) is 0 Å². The number of rotatable bonds is 7.